The molecule has 0 fully saturated rings. The van der Waals surface area contributed by atoms with Crippen molar-refractivity contribution in [2.45, 2.75) is 26.8 Å². The van der Waals surface area contributed by atoms with Gasteiger partial charge in [-0.3, -0.25) is 4.79 Å². The Morgan fingerprint density at radius 3 is 2.80 bits per heavy atom. The Bertz CT molecular complexity index is 635. The molecule has 0 aliphatic carbocycles. The zero-order chi connectivity index (χ0) is 14.7. The number of phenols is 1. The molecule has 20 heavy (non-hydrogen) atoms. The minimum absolute atomic E-state index is 0.157. The van der Waals surface area contributed by atoms with Crippen LogP contribution in [-0.4, -0.2) is 15.6 Å². The van der Waals surface area contributed by atoms with Gasteiger partial charge in [0.1, 0.15) is 11.4 Å². The van der Waals surface area contributed by atoms with Crippen LogP contribution in [0.2, 0.25) is 5.02 Å². The quantitative estimate of drug-likeness (QED) is 0.900. The summed E-state index contributed by atoms with van der Waals surface area (Å²) in [5, 5.41) is 12.9. The first-order chi connectivity index (χ1) is 9.51. The van der Waals surface area contributed by atoms with E-state index in [9.17, 15) is 9.90 Å². The third-order valence-corrected chi connectivity index (χ3v) is 3.23. The summed E-state index contributed by atoms with van der Waals surface area (Å²) in [6.45, 7) is 4.56. The molecule has 106 valence electrons. The van der Waals surface area contributed by atoms with E-state index in [1.165, 1.54) is 6.07 Å². The smallest absolute Gasteiger partial charge is 0.272 e. The van der Waals surface area contributed by atoms with Gasteiger partial charge in [0.05, 0.1) is 5.02 Å². The number of rotatable bonds is 4. The van der Waals surface area contributed by atoms with E-state index in [1.807, 2.05) is 11.5 Å². The molecular formula is C15H17ClN2O2. The minimum Gasteiger partial charge on any atom is -0.508 e. The summed E-state index contributed by atoms with van der Waals surface area (Å²) >= 11 is 5.95. The Hall–Kier alpha value is -1.94. The van der Waals surface area contributed by atoms with Crippen LogP contribution >= 0.6 is 11.6 Å². The standard InChI is InChI=1S/C15H17ClN2O2/c1-3-6-18-9-11(16)7-13(18)15(20)17-12-5-4-10(2)14(19)8-12/h4-5,7-9,19H,3,6H2,1-2H3,(H,17,20). The Balaban J connectivity index is 2.21. The second-order valence-corrected chi connectivity index (χ2v) is 5.13. The lowest BCUT2D eigenvalue weighted by Gasteiger charge is -2.09. The van der Waals surface area contributed by atoms with Crippen molar-refractivity contribution in [2.24, 2.45) is 0 Å². The molecule has 0 radical (unpaired) electrons. The van der Waals surface area contributed by atoms with E-state index in [2.05, 4.69) is 5.32 Å². The first-order valence-corrected chi connectivity index (χ1v) is 6.85. The number of aromatic nitrogens is 1. The minimum atomic E-state index is -0.242. The number of carbonyl (C=O) groups is 1. The molecule has 0 saturated heterocycles. The SMILES string of the molecule is CCCn1cc(Cl)cc1C(=O)Nc1ccc(C)c(O)c1. The number of nitrogens with one attached hydrogen (secondary N) is 1. The lowest BCUT2D eigenvalue weighted by Crippen LogP contribution is -2.16. The summed E-state index contributed by atoms with van der Waals surface area (Å²) in [5.74, 6) is -0.0848. The fourth-order valence-corrected chi connectivity index (χ4v) is 2.19. The van der Waals surface area contributed by atoms with Crippen molar-refractivity contribution in [1.29, 1.82) is 0 Å². The maximum atomic E-state index is 12.2. The second kappa shape index (κ2) is 6.01. The van der Waals surface area contributed by atoms with Crippen LogP contribution in [0.3, 0.4) is 0 Å². The maximum Gasteiger partial charge on any atom is 0.272 e. The summed E-state index contributed by atoms with van der Waals surface area (Å²) in [5.41, 5.74) is 1.83. The number of amides is 1. The topological polar surface area (TPSA) is 54.3 Å². The van der Waals surface area contributed by atoms with Crippen LogP contribution in [0.5, 0.6) is 5.75 Å². The van der Waals surface area contributed by atoms with Gasteiger partial charge in [-0.05, 0) is 31.0 Å². The normalized spacial score (nSPS) is 10.6. The first-order valence-electron chi connectivity index (χ1n) is 6.48. The van der Waals surface area contributed by atoms with Gasteiger partial charge in [-0.1, -0.05) is 24.6 Å². The Morgan fingerprint density at radius 1 is 1.40 bits per heavy atom. The van der Waals surface area contributed by atoms with Crippen LogP contribution in [0.4, 0.5) is 5.69 Å². The highest BCUT2D eigenvalue weighted by Gasteiger charge is 2.13. The van der Waals surface area contributed by atoms with Gasteiger partial charge < -0.3 is 15.0 Å². The van der Waals surface area contributed by atoms with Crippen LogP contribution in [0, 0.1) is 6.92 Å². The van der Waals surface area contributed by atoms with E-state index in [4.69, 9.17) is 11.6 Å². The van der Waals surface area contributed by atoms with Crippen molar-refractivity contribution >= 4 is 23.2 Å². The molecule has 0 unspecified atom stereocenters. The molecule has 0 bridgehead atoms. The molecular weight excluding hydrogens is 276 g/mol. The van der Waals surface area contributed by atoms with Crippen LogP contribution in [-0.2, 0) is 6.54 Å². The Kier molecular flexibility index (Phi) is 4.35. The maximum absolute atomic E-state index is 12.2. The highest BCUT2D eigenvalue weighted by molar-refractivity contribution is 6.31. The van der Waals surface area contributed by atoms with Crippen molar-refractivity contribution in [3.63, 3.8) is 0 Å². The summed E-state index contributed by atoms with van der Waals surface area (Å²) in [6, 6.07) is 6.67. The summed E-state index contributed by atoms with van der Waals surface area (Å²) < 4.78 is 1.83. The number of anilines is 1. The van der Waals surface area contributed by atoms with E-state index in [-0.39, 0.29) is 11.7 Å². The number of aryl methyl sites for hydroxylation is 2. The molecule has 1 heterocycles. The number of aromatic hydroxyl groups is 1. The van der Waals surface area contributed by atoms with Gasteiger partial charge in [-0.15, -0.1) is 0 Å². The van der Waals surface area contributed by atoms with Crippen LogP contribution in [0.15, 0.2) is 30.5 Å². The van der Waals surface area contributed by atoms with Crippen molar-refractivity contribution < 1.29 is 9.90 Å². The number of nitrogens with zero attached hydrogens (tertiary/aromatic N) is 1. The molecule has 2 rings (SSSR count). The predicted molar refractivity (Wildman–Crippen MR) is 80.5 cm³/mol. The first kappa shape index (κ1) is 14.5. The van der Waals surface area contributed by atoms with Gasteiger partial charge >= 0.3 is 0 Å². The van der Waals surface area contributed by atoms with Gasteiger partial charge in [0.15, 0.2) is 0 Å². The molecule has 2 N–H and O–H groups in total. The summed E-state index contributed by atoms with van der Waals surface area (Å²) in [6.07, 6.45) is 2.66. The predicted octanol–water partition coefficient (Wildman–Crippen LogP) is 3.82. The number of phenolic OH excluding ortho intramolecular Hbond substituents is 1. The van der Waals surface area contributed by atoms with Gasteiger partial charge in [0.25, 0.3) is 5.91 Å². The molecule has 0 atom stereocenters. The van der Waals surface area contributed by atoms with Crippen molar-refractivity contribution in [2.75, 3.05) is 5.32 Å². The fraction of sp³-hybridized carbons (Fsp3) is 0.267. The average molecular weight is 293 g/mol. The van der Waals surface area contributed by atoms with E-state index in [0.29, 0.717) is 16.4 Å². The fourth-order valence-electron chi connectivity index (χ4n) is 1.97. The summed E-state index contributed by atoms with van der Waals surface area (Å²) in [7, 11) is 0. The molecule has 1 aromatic carbocycles. The summed E-state index contributed by atoms with van der Waals surface area (Å²) in [4.78, 5) is 12.2. The van der Waals surface area contributed by atoms with Crippen LogP contribution in [0.1, 0.15) is 29.4 Å². The largest absolute Gasteiger partial charge is 0.508 e. The number of halogens is 1. The molecule has 2 aromatic rings. The molecule has 0 saturated carbocycles. The van der Waals surface area contributed by atoms with Crippen LogP contribution in [0.25, 0.3) is 0 Å². The highest BCUT2D eigenvalue weighted by atomic mass is 35.5. The van der Waals surface area contributed by atoms with E-state index in [1.54, 1.807) is 31.3 Å². The van der Waals surface area contributed by atoms with Crippen LogP contribution < -0.4 is 5.32 Å². The van der Waals surface area contributed by atoms with Crippen molar-refractivity contribution in [3.8, 4) is 5.75 Å². The third-order valence-electron chi connectivity index (χ3n) is 3.03. The third kappa shape index (κ3) is 3.14. The van der Waals surface area contributed by atoms with Gasteiger partial charge in [0, 0.05) is 24.5 Å². The van der Waals surface area contributed by atoms with Gasteiger partial charge in [0.2, 0.25) is 0 Å². The highest BCUT2D eigenvalue weighted by Crippen LogP contribution is 2.22. The molecule has 1 aromatic heterocycles. The van der Waals surface area contributed by atoms with Gasteiger partial charge in [-0.2, -0.15) is 0 Å². The van der Waals surface area contributed by atoms with Gasteiger partial charge in [-0.25, -0.2) is 0 Å². The van der Waals surface area contributed by atoms with E-state index >= 15 is 0 Å². The molecule has 1 amide bonds. The Labute approximate surface area is 123 Å². The lowest BCUT2D eigenvalue weighted by atomic mass is 10.2. The number of benzene rings is 1. The zero-order valence-corrected chi connectivity index (χ0v) is 12.2. The average Bonchev–Trinajstić information content (AvgIpc) is 2.75. The Morgan fingerprint density at radius 2 is 2.15 bits per heavy atom. The lowest BCUT2D eigenvalue weighted by molar-refractivity contribution is 0.101. The molecule has 0 spiro atoms. The second-order valence-electron chi connectivity index (χ2n) is 4.69. The number of hydrogen-bond acceptors (Lipinski definition) is 2. The zero-order valence-electron chi connectivity index (χ0n) is 11.5. The monoisotopic (exact) mass is 292 g/mol. The van der Waals surface area contributed by atoms with Crippen molar-refractivity contribution in [1.82, 2.24) is 4.57 Å². The van der Waals surface area contributed by atoms with E-state index < -0.39 is 0 Å². The van der Waals surface area contributed by atoms with Crippen molar-refractivity contribution in [3.05, 3.63) is 46.7 Å². The molecule has 0 aliphatic rings. The molecule has 4 nitrogen and oxygen atoms in total. The number of carbonyl (C=O) groups excluding carboxylic acids is 1. The number of hydrogen-bond donors (Lipinski definition) is 2. The van der Waals surface area contributed by atoms with E-state index in [0.717, 1.165) is 18.5 Å². The molecule has 0 aliphatic heterocycles. The molecule has 5 heteroatoms.